The molecule has 0 unspecified atom stereocenters. The number of halogens is 1. The van der Waals surface area contributed by atoms with Gasteiger partial charge in [0.05, 0.1) is 11.5 Å². The maximum Gasteiger partial charge on any atom is 0.231 e. The molecule has 1 atom stereocenters. The van der Waals surface area contributed by atoms with Crippen LogP contribution in [0.15, 0.2) is 47.1 Å². The van der Waals surface area contributed by atoms with Gasteiger partial charge < -0.3 is 9.42 Å². The van der Waals surface area contributed by atoms with Gasteiger partial charge in [0, 0.05) is 24.8 Å². The van der Waals surface area contributed by atoms with Crippen molar-refractivity contribution >= 4 is 5.82 Å². The highest BCUT2D eigenvalue weighted by atomic mass is 19.1. The second-order valence-corrected chi connectivity index (χ2v) is 6.24. The van der Waals surface area contributed by atoms with E-state index < -0.39 is 0 Å². The van der Waals surface area contributed by atoms with Gasteiger partial charge in [-0.15, -0.1) is 0 Å². The van der Waals surface area contributed by atoms with E-state index in [-0.39, 0.29) is 11.7 Å². The summed E-state index contributed by atoms with van der Waals surface area (Å²) in [5.74, 6) is 1.31. The van der Waals surface area contributed by atoms with Crippen molar-refractivity contribution in [2.45, 2.75) is 18.8 Å². The lowest BCUT2D eigenvalue weighted by Crippen LogP contribution is -2.35. The summed E-state index contributed by atoms with van der Waals surface area (Å²) in [6.07, 6.45) is 3.54. The van der Waals surface area contributed by atoms with Crippen LogP contribution in [0.1, 0.15) is 30.2 Å². The largest absolute Gasteiger partial charge is 0.355 e. The molecular weight excluding hydrogens is 333 g/mol. The highest BCUT2D eigenvalue weighted by molar-refractivity contribution is 5.55. The molecule has 6 nitrogen and oxygen atoms in total. The molecular formula is C19H16FN5O. The average Bonchev–Trinajstić information content (AvgIpc) is 3.18. The number of piperidine rings is 1. The Morgan fingerprint density at radius 1 is 1.27 bits per heavy atom. The molecule has 3 aromatic rings. The minimum atomic E-state index is -0.336. The number of anilines is 1. The van der Waals surface area contributed by atoms with Gasteiger partial charge in [-0.05, 0) is 37.1 Å². The fourth-order valence-electron chi connectivity index (χ4n) is 3.25. The van der Waals surface area contributed by atoms with E-state index in [1.54, 1.807) is 30.5 Å². The van der Waals surface area contributed by atoms with Crippen molar-refractivity contribution in [1.29, 1.82) is 5.26 Å². The number of aromatic nitrogens is 3. The molecule has 0 spiro atoms. The second kappa shape index (κ2) is 6.92. The Morgan fingerprint density at radius 2 is 2.19 bits per heavy atom. The van der Waals surface area contributed by atoms with Crippen LogP contribution in [0.25, 0.3) is 11.4 Å². The molecule has 2 aromatic heterocycles. The van der Waals surface area contributed by atoms with Gasteiger partial charge in [0.1, 0.15) is 17.7 Å². The number of nitriles is 1. The third-order valence-electron chi connectivity index (χ3n) is 4.50. The molecule has 0 N–H and O–H groups in total. The molecule has 1 aliphatic rings. The maximum atomic E-state index is 13.4. The van der Waals surface area contributed by atoms with Crippen molar-refractivity contribution < 1.29 is 8.91 Å². The molecule has 1 saturated heterocycles. The maximum absolute atomic E-state index is 13.4. The van der Waals surface area contributed by atoms with Crippen molar-refractivity contribution in [3.8, 4) is 17.5 Å². The van der Waals surface area contributed by atoms with E-state index in [2.05, 4.69) is 26.1 Å². The van der Waals surface area contributed by atoms with Crippen LogP contribution < -0.4 is 4.90 Å². The Bertz CT molecular complexity index is 964. The second-order valence-electron chi connectivity index (χ2n) is 6.24. The Kier molecular flexibility index (Phi) is 4.32. The Morgan fingerprint density at radius 3 is 3.04 bits per heavy atom. The zero-order valence-electron chi connectivity index (χ0n) is 14.0. The first-order chi connectivity index (χ1) is 12.7. The van der Waals surface area contributed by atoms with Crippen molar-refractivity contribution in [1.82, 2.24) is 15.1 Å². The fourth-order valence-corrected chi connectivity index (χ4v) is 3.25. The molecule has 4 rings (SSSR count). The molecule has 7 heteroatoms. The van der Waals surface area contributed by atoms with E-state index in [0.717, 1.165) is 19.4 Å². The molecule has 0 amide bonds. The molecule has 26 heavy (non-hydrogen) atoms. The SMILES string of the molecule is N#Cc1cccnc1N1CCC[C@H](c2nc(-c3cccc(F)c3)no2)C1. The Balaban J connectivity index is 1.56. The number of pyridine rings is 1. The highest BCUT2D eigenvalue weighted by Gasteiger charge is 2.28. The van der Waals surface area contributed by atoms with Crippen LogP contribution >= 0.6 is 0 Å². The molecule has 0 radical (unpaired) electrons. The van der Waals surface area contributed by atoms with Gasteiger partial charge in [-0.2, -0.15) is 10.2 Å². The summed E-state index contributed by atoms with van der Waals surface area (Å²) in [6, 6.07) is 11.8. The van der Waals surface area contributed by atoms with E-state index in [0.29, 0.717) is 35.2 Å². The summed E-state index contributed by atoms with van der Waals surface area (Å²) in [5.41, 5.74) is 1.14. The molecule has 0 bridgehead atoms. The summed E-state index contributed by atoms with van der Waals surface area (Å²) < 4.78 is 18.8. The standard InChI is InChI=1S/C19H16FN5O/c20-16-7-1-4-13(10-16)17-23-19(26-24-17)15-6-3-9-25(12-15)18-14(11-21)5-2-8-22-18/h1-2,4-5,7-8,10,15H,3,6,9,12H2/t15-/m0/s1. The number of nitrogens with zero attached hydrogens (tertiary/aromatic N) is 5. The van der Waals surface area contributed by atoms with Gasteiger partial charge in [-0.3, -0.25) is 0 Å². The van der Waals surface area contributed by atoms with Gasteiger partial charge in [-0.1, -0.05) is 17.3 Å². The predicted molar refractivity (Wildman–Crippen MR) is 92.8 cm³/mol. The van der Waals surface area contributed by atoms with Crippen LogP contribution in [0.4, 0.5) is 10.2 Å². The first kappa shape index (κ1) is 16.2. The lowest BCUT2D eigenvalue weighted by atomic mass is 9.97. The minimum absolute atomic E-state index is 0.0482. The number of hydrogen-bond acceptors (Lipinski definition) is 6. The smallest absolute Gasteiger partial charge is 0.231 e. The van der Waals surface area contributed by atoms with Gasteiger partial charge >= 0.3 is 0 Å². The molecule has 1 aliphatic heterocycles. The van der Waals surface area contributed by atoms with E-state index >= 15 is 0 Å². The van der Waals surface area contributed by atoms with Crippen LogP contribution in [-0.4, -0.2) is 28.2 Å². The lowest BCUT2D eigenvalue weighted by molar-refractivity contribution is 0.333. The summed E-state index contributed by atoms with van der Waals surface area (Å²) in [5, 5.41) is 13.3. The molecule has 3 heterocycles. The number of rotatable bonds is 3. The van der Waals surface area contributed by atoms with Crippen molar-refractivity contribution in [3.63, 3.8) is 0 Å². The first-order valence-corrected chi connectivity index (χ1v) is 8.44. The predicted octanol–water partition coefficient (Wildman–Crippen LogP) is 3.53. The highest BCUT2D eigenvalue weighted by Crippen LogP contribution is 2.30. The van der Waals surface area contributed by atoms with Crippen LogP contribution in [0.5, 0.6) is 0 Å². The van der Waals surface area contributed by atoms with E-state index in [1.807, 2.05) is 0 Å². The van der Waals surface area contributed by atoms with Gasteiger partial charge in [0.25, 0.3) is 0 Å². The third-order valence-corrected chi connectivity index (χ3v) is 4.50. The number of hydrogen-bond donors (Lipinski definition) is 0. The molecule has 130 valence electrons. The number of benzene rings is 1. The molecule has 1 fully saturated rings. The van der Waals surface area contributed by atoms with Gasteiger partial charge in [0.2, 0.25) is 11.7 Å². The van der Waals surface area contributed by atoms with Crippen molar-refractivity contribution in [2.24, 2.45) is 0 Å². The van der Waals surface area contributed by atoms with Gasteiger partial charge in [-0.25, -0.2) is 9.37 Å². The van der Waals surface area contributed by atoms with Crippen LogP contribution in [0, 0.1) is 17.1 Å². The van der Waals surface area contributed by atoms with E-state index in [1.165, 1.54) is 12.1 Å². The van der Waals surface area contributed by atoms with Crippen LogP contribution in [-0.2, 0) is 0 Å². The summed E-state index contributed by atoms with van der Waals surface area (Å²) in [6.45, 7) is 1.48. The average molecular weight is 349 g/mol. The molecule has 0 saturated carbocycles. The quantitative estimate of drug-likeness (QED) is 0.720. The monoisotopic (exact) mass is 349 g/mol. The van der Waals surface area contributed by atoms with Gasteiger partial charge in [0.15, 0.2) is 0 Å². The lowest BCUT2D eigenvalue weighted by Gasteiger charge is -2.32. The molecule has 1 aromatic carbocycles. The van der Waals surface area contributed by atoms with Crippen molar-refractivity contribution in [3.05, 3.63) is 59.9 Å². The Hall–Kier alpha value is -3.27. The summed E-state index contributed by atoms with van der Waals surface area (Å²) in [4.78, 5) is 10.9. The zero-order valence-corrected chi connectivity index (χ0v) is 14.0. The summed E-state index contributed by atoms with van der Waals surface area (Å²) in [7, 11) is 0. The minimum Gasteiger partial charge on any atom is -0.355 e. The zero-order chi connectivity index (χ0) is 17.9. The van der Waals surface area contributed by atoms with E-state index in [9.17, 15) is 9.65 Å². The van der Waals surface area contributed by atoms with Crippen molar-refractivity contribution in [2.75, 3.05) is 18.0 Å². The van der Waals surface area contributed by atoms with E-state index in [4.69, 9.17) is 4.52 Å². The topological polar surface area (TPSA) is 78.8 Å². The molecule has 0 aliphatic carbocycles. The van der Waals surface area contributed by atoms with Crippen LogP contribution in [0.2, 0.25) is 0 Å². The fraction of sp³-hybridized carbons (Fsp3) is 0.263. The third kappa shape index (κ3) is 3.14. The summed E-state index contributed by atoms with van der Waals surface area (Å²) >= 11 is 0. The Labute approximate surface area is 149 Å². The van der Waals surface area contributed by atoms with Crippen LogP contribution in [0.3, 0.4) is 0 Å². The first-order valence-electron chi connectivity index (χ1n) is 8.44. The normalized spacial score (nSPS) is 17.1.